The van der Waals surface area contributed by atoms with Gasteiger partial charge in [0.2, 0.25) is 0 Å². The Hall–Kier alpha value is -5.66. The van der Waals surface area contributed by atoms with Crippen LogP contribution < -0.4 is 20.8 Å². The van der Waals surface area contributed by atoms with E-state index in [9.17, 15) is 49.6 Å². The summed E-state index contributed by atoms with van der Waals surface area (Å²) in [5.41, 5.74) is -2.84. The average molecular weight is 492 g/mol. The number of rotatable bonds is 8. The molecule has 14 nitrogen and oxygen atoms in total. The van der Waals surface area contributed by atoms with Gasteiger partial charge in [-0.1, -0.05) is 12.1 Å². The molecule has 2 N–H and O–H groups in total. The summed E-state index contributed by atoms with van der Waals surface area (Å²) in [6.45, 7) is 0. The van der Waals surface area contributed by atoms with Gasteiger partial charge in [-0.05, 0) is 36.4 Å². The third-order valence-corrected chi connectivity index (χ3v) is 4.77. The number of hydrogen-bond acceptors (Lipinski definition) is 10. The predicted molar refractivity (Wildman–Crippen MR) is 117 cm³/mol. The van der Waals surface area contributed by atoms with E-state index in [0.29, 0.717) is 0 Å². The molecule has 0 aromatic heterocycles. The molecule has 3 aromatic carbocycles. The van der Waals surface area contributed by atoms with Gasteiger partial charge in [0, 0.05) is 34.4 Å². The van der Waals surface area contributed by atoms with E-state index in [1.54, 1.807) is 0 Å². The molecule has 0 unspecified atom stereocenters. The molecule has 0 aliphatic carbocycles. The van der Waals surface area contributed by atoms with E-state index in [-0.39, 0.29) is 22.5 Å². The molecule has 182 valence electrons. The zero-order valence-electron chi connectivity index (χ0n) is 17.8. The van der Waals surface area contributed by atoms with Crippen molar-refractivity contribution >= 4 is 46.5 Å². The second-order valence-electron chi connectivity index (χ2n) is 7.04. The van der Waals surface area contributed by atoms with Gasteiger partial charge in [0.25, 0.3) is 23.2 Å². The fourth-order valence-electron chi connectivity index (χ4n) is 2.99. The summed E-state index contributed by atoms with van der Waals surface area (Å²) in [5, 5.41) is 48.8. The zero-order chi connectivity index (χ0) is 26.6. The first kappa shape index (κ1) is 25.0. The summed E-state index contributed by atoms with van der Waals surface area (Å²) in [6, 6.07) is 10.4. The Labute approximate surface area is 200 Å². The summed E-state index contributed by atoms with van der Waals surface area (Å²) >= 11 is 0. The third-order valence-electron chi connectivity index (χ3n) is 4.77. The highest BCUT2D eigenvalue weighted by atomic mass is 16.6. The lowest BCUT2D eigenvalue weighted by Gasteiger charge is -2.10. The summed E-state index contributed by atoms with van der Waals surface area (Å²) in [5.74, 6) is -4.88. The maximum absolute atomic E-state index is 12.5. The Morgan fingerprint density at radius 2 is 0.861 bits per heavy atom. The molecule has 0 aliphatic heterocycles. The van der Waals surface area contributed by atoms with Gasteiger partial charge in [-0.2, -0.15) is 0 Å². The Balaban J connectivity index is 1.78. The molecule has 0 spiro atoms. The number of nitrogens with zero attached hydrogens (tertiary/aromatic N) is 2. The van der Waals surface area contributed by atoms with E-state index < -0.39 is 56.1 Å². The van der Waals surface area contributed by atoms with Crippen molar-refractivity contribution < 1.29 is 39.2 Å². The van der Waals surface area contributed by atoms with E-state index in [1.165, 1.54) is 24.3 Å². The molecular formula is C22H12N4O10-2. The summed E-state index contributed by atoms with van der Waals surface area (Å²) in [6.07, 6.45) is 0. The largest absolute Gasteiger partial charge is 0.545 e. The second-order valence-corrected chi connectivity index (χ2v) is 7.04. The minimum Gasteiger partial charge on any atom is -0.545 e. The van der Waals surface area contributed by atoms with Gasteiger partial charge in [-0.15, -0.1) is 0 Å². The molecule has 0 saturated heterocycles. The lowest BCUT2D eigenvalue weighted by molar-refractivity contribution is -0.384. The van der Waals surface area contributed by atoms with Crippen LogP contribution >= 0.6 is 0 Å². The van der Waals surface area contributed by atoms with Gasteiger partial charge in [0.15, 0.2) is 0 Å². The molecule has 36 heavy (non-hydrogen) atoms. The van der Waals surface area contributed by atoms with Crippen LogP contribution in [0.5, 0.6) is 0 Å². The maximum Gasteiger partial charge on any atom is 0.293 e. The lowest BCUT2D eigenvalue weighted by Crippen LogP contribution is -2.22. The van der Waals surface area contributed by atoms with Crippen molar-refractivity contribution in [3.63, 3.8) is 0 Å². The lowest BCUT2D eigenvalue weighted by atomic mass is 10.1. The number of nitro groups is 2. The quantitative estimate of drug-likeness (QED) is 0.331. The van der Waals surface area contributed by atoms with Crippen LogP contribution in [-0.4, -0.2) is 33.6 Å². The van der Waals surface area contributed by atoms with Gasteiger partial charge < -0.3 is 30.4 Å². The summed E-state index contributed by atoms with van der Waals surface area (Å²) in [7, 11) is 0. The molecule has 0 bridgehead atoms. The van der Waals surface area contributed by atoms with Crippen LogP contribution in [0.1, 0.15) is 41.4 Å². The first-order valence-corrected chi connectivity index (χ1v) is 9.70. The predicted octanol–water partition coefficient (Wildman–Crippen LogP) is 0.735. The van der Waals surface area contributed by atoms with Crippen molar-refractivity contribution in [1.29, 1.82) is 0 Å². The smallest absolute Gasteiger partial charge is 0.293 e. The topological polar surface area (TPSA) is 225 Å². The van der Waals surface area contributed by atoms with Crippen molar-refractivity contribution in [2.24, 2.45) is 0 Å². The van der Waals surface area contributed by atoms with Crippen LogP contribution in [0.2, 0.25) is 0 Å². The Bertz CT molecular complexity index is 1320. The van der Waals surface area contributed by atoms with E-state index in [2.05, 4.69) is 10.6 Å². The van der Waals surface area contributed by atoms with Crippen LogP contribution in [-0.2, 0) is 0 Å². The monoisotopic (exact) mass is 492 g/mol. The number of aromatic carboxylic acids is 2. The molecule has 2 amide bonds. The van der Waals surface area contributed by atoms with Crippen molar-refractivity contribution in [3.8, 4) is 0 Å². The van der Waals surface area contributed by atoms with Gasteiger partial charge in [-0.3, -0.25) is 29.8 Å². The highest BCUT2D eigenvalue weighted by molar-refractivity contribution is 6.08. The number of anilines is 2. The van der Waals surface area contributed by atoms with Crippen molar-refractivity contribution in [1.82, 2.24) is 0 Å². The molecule has 14 heteroatoms. The van der Waals surface area contributed by atoms with Crippen molar-refractivity contribution in [3.05, 3.63) is 103 Å². The molecular weight excluding hydrogens is 480 g/mol. The van der Waals surface area contributed by atoms with Gasteiger partial charge in [-0.25, -0.2) is 0 Å². The number of carbonyl (C=O) groups is 4. The summed E-state index contributed by atoms with van der Waals surface area (Å²) < 4.78 is 0. The molecule has 0 radical (unpaired) electrons. The van der Waals surface area contributed by atoms with E-state index in [0.717, 1.165) is 36.4 Å². The average Bonchev–Trinajstić information content (AvgIpc) is 2.83. The van der Waals surface area contributed by atoms with Gasteiger partial charge >= 0.3 is 0 Å². The van der Waals surface area contributed by atoms with Crippen LogP contribution in [0, 0.1) is 20.2 Å². The molecule has 3 aromatic rings. The van der Waals surface area contributed by atoms with Crippen LogP contribution in [0.3, 0.4) is 0 Å². The minimum absolute atomic E-state index is 0.0193. The molecule has 3 rings (SSSR count). The zero-order valence-corrected chi connectivity index (χ0v) is 17.8. The SMILES string of the molecule is O=C([O-])c1ccc(NC(=O)c2ccc(C(=O)Nc3ccc(C(=O)[O-])cc3[N+](=O)[O-])cc2)c([N+](=O)[O-])c1. The number of nitrogens with one attached hydrogen (secondary N) is 2. The number of nitro benzene ring substituents is 2. The third kappa shape index (κ3) is 5.45. The minimum atomic E-state index is -1.63. The number of carboxylic acids is 2. The highest BCUT2D eigenvalue weighted by Crippen LogP contribution is 2.27. The standard InChI is InChI=1S/C22H14N4O10/c27-19(23-15-7-5-13(21(29)30)9-17(15)25(33)34)11-1-2-12(4-3-11)20(28)24-16-8-6-14(22(31)32)10-18(16)26(35)36/h1-10H,(H,23,27)(H,24,28)(H,29,30)(H,31,32)/p-2. The number of amides is 2. The highest BCUT2D eigenvalue weighted by Gasteiger charge is 2.20. The second kappa shape index (κ2) is 10.1. The Morgan fingerprint density at radius 3 is 1.14 bits per heavy atom. The Morgan fingerprint density at radius 1 is 0.556 bits per heavy atom. The van der Waals surface area contributed by atoms with Gasteiger partial charge in [0.1, 0.15) is 11.4 Å². The van der Waals surface area contributed by atoms with E-state index in [1.807, 2.05) is 0 Å². The van der Waals surface area contributed by atoms with E-state index >= 15 is 0 Å². The number of carbonyl (C=O) groups excluding carboxylic acids is 4. The molecule has 0 heterocycles. The molecule has 0 saturated carbocycles. The molecule has 0 aliphatic rings. The van der Waals surface area contributed by atoms with Crippen LogP contribution in [0.4, 0.5) is 22.7 Å². The van der Waals surface area contributed by atoms with Crippen LogP contribution in [0.25, 0.3) is 0 Å². The molecule has 0 fully saturated rings. The fraction of sp³-hybridized carbons (Fsp3) is 0. The molecule has 0 atom stereocenters. The van der Waals surface area contributed by atoms with Crippen molar-refractivity contribution in [2.45, 2.75) is 0 Å². The summed E-state index contributed by atoms with van der Waals surface area (Å²) in [4.78, 5) is 67.5. The van der Waals surface area contributed by atoms with Crippen molar-refractivity contribution in [2.75, 3.05) is 10.6 Å². The first-order valence-electron chi connectivity index (χ1n) is 9.70. The van der Waals surface area contributed by atoms with E-state index in [4.69, 9.17) is 0 Å². The maximum atomic E-state index is 12.5. The first-order chi connectivity index (χ1) is 17.0. The number of benzene rings is 3. The number of carboxylic acid groups (broad SMARTS) is 2. The fourth-order valence-corrected chi connectivity index (χ4v) is 2.99. The van der Waals surface area contributed by atoms with Crippen LogP contribution in [0.15, 0.2) is 60.7 Å². The number of hydrogen-bond donors (Lipinski definition) is 2. The van der Waals surface area contributed by atoms with Gasteiger partial charge in [0.05, 0.1) is 21.8 Å². The Kier molecular flexibility index (Phi) is 7.00. The normalized spacial score (nSPS) is 10.2.